The average molecular weight is 748 g/mol. The van der Waals surface area contributed by atoms with Crippen LogP contribution >= 0.6 is 0 Å². The first kappa shape index (κ1) is 50.5. The van der Waals surface area contributed by atoms with Gasteiger partial charge in [-0.25, -0.2) is 0 Å². The fourth-order valence-corrected chi connectivity index (χ4v) is 6.11. The second-order valence-corrected chi connectivity index (χ2v) is 15.6. The molecule has 0 saturated heterocycles. The number of nitrogens with zero attached hydrogens (tertiary/aromatic N) is 1. The van der Waals surface area contributed by atoms with Crippen molar-refractivity contribution in [2.24, 2.45) is 0 Å². The van der Waals surface area contributed by atoms with Gasteiger partial charge >= 0.3 is 11.9 Å². The van der Waals surface area contributed by atoms with Crippen LogP contribution in [0.2, 0.25) is 0 Å². The lowest BCUT2D eigenvalue weighted by molar-refractivity contribution is -0.889. The minimum absolute atomic E-state index is 0.0269. The molecule has 0 fully saturated rings. The monoisotopic (exact) mass is 748 g/mol. The Balaban J connectivity index is 4.43. The van der Waals surface area contributed by atoms with E-state index in [-0.39, 0.29) is 42.7 Å². The molecule has 0 rings (SSSR count). The van der Waals surface area contributed by atoms with Gasteiger partial charge in [-0.3, -0.25) is 9.59 Å². The fraction of sp³-hybridized carbons (Fsp3) is 0.800. The van der Waals surface area contributed by atoms with Gasteiger partial charge in [-0.1, -0.05) is 134 Å². The molecule has 0 saturated carbocycles. The van der Waals surface area contributed by atoms with Crippen molar-refractivity contribution in [2.75, 3.05) is 41.0 Å². The Kier molecular flexibility index (Phi) is 34.8. The number of carbonyl (C=O) groups is 3. The number of aliphatic carboxylic acids is 1. The molecule has 0 spiro atoms. The lowest BCUT2D eigenvalue weighted by Gasteiger charge is -2.34. The van der Waals surface area contributed by atoms with Gasteiger partial charge in [0.2, 0.25) is 0 Å². The lowest BCUT2D eigenvalue weighted by Crippen LogP contribution is -2.55. The highest BCUT2D eigenvalue weighted by molar-refractivity contribution is 5.70. The summed E-state index contributed by atoms with van der Waals surface area (Å²) in [5, 5.41) is 11.6. The molecule has 0 radical (unpaired) electrons. The van der Waals surface area contributed by atoms with E-state index >= 15 is 0 Å². The number of carbonyl (C=O) groups excluding carboxylic acids is 3. The minimum Gasteiger partial charge on any atom is -0.544 e. The second-order valence-electron chi connectivity index (χ2n) is 15.6. The number of unbranched alkanes of at least 4 members (excludes halogenated alkanes) is 19. The maximum absolute atomic E-state index is 12.7. The van der Waals surface area contributed by atoms with Gasteiger partial charge in [0.05, 0.1) is 40.3 Å². The molecule has 0 aliphatic heterocycles. The molecule has 53 heavy (non-hydrogen) atoms. The van der Waals surface area contributed by atoms with Crippen molar-refractivity contribution in [1.29, 1.82) is 0 Å². The smallest absolute Gasteiger partial charge is 0.306 e. The van der Waals surface area contributed by atoms with E-state index in [0.29, 0.717) is 12.8 Å². The zero-order valence-corrected chi connectivity index (χ0v) is 34.9. The molecule has 0 aromatic rings. The van der Waals surface area contributed by atoms with Crippen molar-refractivity contribution in [3.8, 4) is 0 Å². The Morgan fingerprint density at radius 1 is 0.566 bits per heavy atom. The third-order valence-electron chi connectivity index (χ3n) is 9.53. The molecule has 0 aliphatic rings. The van der Waals surface area contributed by atoms with Gasteiger partial charge in [0.25, 0.3) is 0 Å². The Bertz CT molecular complexity index is 968. The van der Waals surface area contributed by atoms with Crippen molar-refractivity contribution in [3.05, 3.63) is 36.5 Å². The molecule has 0 N–H and O–H groups in total. The average Bonchev–Trinajstić information content (AvgIpc) is 3.11. The summed E-state index contributed by atoms with van der Waals surface area (Å²) in [4.78, 5) is 36.8. The molecule has 0 bridgehead atoms. The standard InChI is InChI=1S/C45H81NO7/c1-6-8-10-12-14-16-18-20-21-22-24-25-27-29-31-33-35-43(47)52-40-41(39-51-38-37-42(45(49)50)46(3,4)5)53-44(48)36-34-32-30-28-26-23-19-17-15-13-11-9-7-2/h21-26,41-42H,6-20,27-40H2,1-5H3/b22-21+,25-24+,26-23+. The summed E-state index contributed by atoms with van der Waals surface area (Å²) in [5.74, 6) is -1.79. The van der Waals surface area contributed by atoms with E-state index in [1.807, 2.05) is 0 Å². The summed E-state index contributed by atoms with van der Waals surface area (Å²) in [7, 11) is 5.39. The van der Waals surface area contributed by atoms with Crippen LogP contribution in [0.15, 0.2) is 36.5 Å². The number of hydrogen-bond acceptors (Lipinski definition) is 7. The summed E-state index contributed by atoms with van der Waals surface area (Å²) in [6.07, 6.45) is 40.2. The first-order chi connectivity index (χ1) is 25.6. The minimum atomic E-state index is -1.13. The van der Waals surface area contributed by atoms with E-state index in [2.05, 4.69) is 50.3 Å². The fourth-order valence-electron chi connectivity index (χ4n) is 6.11. The molecule has 0 heterocycles. The summed E-state index contributed by atoms with van der Waals surface area (Å²) in [6.45, 7) is 4.60. The Morgan fingerprint density at radius 2 is 1.00 bits per heavy atom. The molecule has 2 atom stereocenters. The van der Waals surface area contributed by atoms with Crippen molar-refractivity contribution in [3.63, 3.8) is 0 Å². The highest BCUT2D eigenvalue weighted by Crippen LogP contribution is 2.13. The second kappa shape index (κ2) is 36.5. The maximum atomic E-state index is 12.7. The van der Waals surface area contributed by atoms with E-state index in [4.69, 9.17) is 14.2 Å². The topological polar surface area (TPSA) is 102 Å². The molecule has 0 aromatic carbocycles. The van der Waals surface area contributed by atoms with Crippen LogP contribution in [0, 0.1) is 0 Å². The van der Waals surface area contributed by atoms with Gasteiger partial charge in [0.1, 0.15) is 12.6 Å². The summed E-state index contributed by atoms with van der Waals surface area (Å²) >= 11 is 0. The number of ether oxygens (including phenoxy) is 3. The third kappa shape index (κ3) is 35.0. The number of quaternary nitrogens is 1. The number of rotatable bonds is 38. The van der Waals surface area contributed by atoms with Gasteiger partial charge in [0.15, 0.2) is 6.10 Å². The molecular weight excluding hydrogens is 666 g/mol. The molecule has 0 aromatic heterocycles. The number of esters is 2. The zero-order chi connectivity index (χ0) is 39.3. The number of carboxylic acid groups (broad SMARTS) is 1. The van der Waals surface area contributed by atoms with Crippen LogP contribution in [0.25, 0.3) is 0 Å². The molecule has 308 valence electrons. The maximum Gasteiger partial charge on any atom is 0.306 e. The van der Waals surface area contributed by atoms with E-state index in [1.165, 1.54) is 83.5 Å². The first-order valence-corrected chi connectivity index (χ1v) is 21.5. The van der Waals surface area contributed by atoms with Crippen molar-refractivity contribution in [2.45, 2.75) is 193 Å². The van der Waals surface area contributed by atoms with Gasteiger partial charge in [-0.05, 0) is 64.2 Å². The van der Waals surface area contributed by atoms with E-state index < -0.39 is 18.1 Å². The highest BCUT2D eigenvalue weighted by atomic mass is 16.6. The van der Waals surface area contributed by atoms with Gasteiger partial charge in [0, 0.05) is 19.3 Å². The van der Waals surface area contributed by atoms with Crippen molar-refractivity contribution in [1.82, 2.24) is 0 Å². The van der Waals surface area contributed by atoms with Crippen LogP contribution in [0.4, 0.5) is 0 Å². The Labute approximate surface area is 325 Å². The predicted octanol–water partition coefficient (Wildman–Crippen LogP) is 10.1. The molecule has 8 heteroatoms. The van der Waals surface area contributed by atoms with Gasteiger partial charge < -0.3 is 28.6 Å². The largest absolute Gasteiger partial charge is 0.544 e. The van der Waals surface area contributed by atoms with E-state index in [9.17, 15) is 19.5 Å². The van der Waals surface area contributed by atoms with Crippen LogP contribution in [-0.4, -0.2) is 75.5 Å². The third-order valence-corrected chi connectivity index (χ3v) is 9.53. The summed E-state index contributed by atoms with van der Waals surface area (Å²) < 4.78 is 17.1. The van der Waals surface area contributed by atoms with Crippen LogP contribution in [0.3, 0.4) is 0 Å². The van der Waals surface area contributed by atoms with Crippen LogP contribution in [0.1, 0.15) is 181 Å². The Morgan fingerprint density at radius 3 is 1.47 bits per heavy atom. The van der Waals surface area contributed by atoms with E-state index in [0.717, 1.165) is 64.2 Å². The predicted molar refractivity (Wildman–Crippen MR) is 217 cm³/mol. The number of allylic oxidation sites excluding steroid dienone is 6. The normalized spacial score (nSPS) is 13.3. The Hall–Kier alpha value is -2.45. The van der Waals surface area contributed by atoms with Crippen LogP contribution in [-0.2, 0) is 28.6 Å². The molecule has 0 aliphatic carbocycles. The highest BCUT2D eigenvalue weighted by Gasteiger charge is 2.25. The van der Waals surface area contributed by atoms with Crippen LogP contribution in [0.5, 0.6) is 0 Å². The molecule has 0 amide bonds. The van der Waals surface area contributed by atoms with Crippen LogP contribution < -0.4 is 5.11 Å². The zero-order valence-electron chi connectivity index (χ0n) is 34.9. The summed E-state index contributed by atoms with van der Waals surface area (Å²) in [5.41, 5.74) is 0. The quantitative estimate of drug-likeness (QED) is 0.0204. The molecule has 8 nitrogen and oxygen atoms in total. The van der Waals surface area contributed by atoms with Crippen molar-refractivity contribution < 1.29 is 38.2 Å². The number of likely N-dealkylation sites (N-methyl/N-ethyl adjacent to an activating group) is 1. The van der Waals surface area contributed by atoms with Gasteiger partial charge in [-0.2, -0.15) is 0 Å². The van der Waals surface area contributed by atoms with E-state index in [1.54, 1.807) is 21.1 Å². The molecule has 2 unspecified atom stereocenters. The first-order valence-electron chi connectivity index (χ1n) is 21.5. The lowest BCUT2D eigenvalue weighted by atomic mass is 10.1. The van der Waals surface area contributed by atoms with Crippen molar-refractivity contribution >= 4 is 17.9 Å². The summed E-state index contributed by atoms with van der Waals surface area (Å²) in [6, 6.07) is -0.731. The molecular formula is C45H81NO7. The number of carboxylic acids is 1. The SMILES string of the molecule is CCCCCCCC/C=C/CCCCCC(=O)OC(COCCC(C(=O)[O-])[N+](C)(C)C)COC(=O)CCCCC/C=C/C=C/CCCCCCCCC. The number of hydrogen-bond donors (Lipinski definition) is 0. The van der Waals surface area contributed by atoms with Gasteiger partial charge in [-0.15, -0.1) is 0 Å².